The third-order valence-electron chi connectivity index (χ3n) is 18.4. The van der Waals surface area contributed by atoms with Crippen molar-refractivity contribution in [3.05, 3.63) is 47.5 Å². The molecular formula is C51H70O7S2. The van der Waals surface area contributed by atoms with E-state index in [0.717, 1.165) is 101 Å². The Bertz CT molecular complexity index is 1870. The molecule has 1 aromatic rings. The van der Waals surface area contributed by atoms with E-state index < -0.39 is 51.5 Å². The summed E-state index contributed by atoms with van der Waals surface area (Å²) < 4.78 is 12.6. The summed E-state index contributed by atoms with van der Waals surface area (Å²) in [6.45, 7) is 7.02. The van der Waals surface area contributed by atoms with Crippen LogP contribution in [0.3, 0.4) is 0 Å². The fraction of sp³-hybridized carbons (Fsp3) is 0.765. The SMILES string of the molecule is CC12CCC(SSCC(Cc3ccccc3)C1)C1CCCCC13CC#CC1(C)CC(OC3=O)C3C(C)(C4CCCC4)CCC(O)C3(C(O)CC2)C1(O)CCC1=CC(=O)OC1. The monoisotopic (exact) mass is 858 g/mol. The van der Waals surface area contributed by atoms with Crippen LogP contribution in [0.25, 0.3) is 0 Å². The number of carbonyl (C=O) groups is 2. The number of esters is 2. The van der Waals surface area contributed by atoms with Gasteiger partial charge < -0.3 is 24.8 Å². The Labute approximate surface area is 367 Å². The lowest BCUT2D eigenvalue weighted by Crippen LogP contribution is -2.79. The first kappa shape index (κ1) is 43.3. The Kier molecular flexibility index (Phi) is 11.9. The van der Waals surface area contributed by atoms with Gasteiger partial charge in [0.25, 0.3) is 0 Å². The van der Waals surface area contributed by atoms with Crippen LogP contribution < -0.4 is 0 Å². The summed E-state index contributed by atoms with van der Waals surface area (Å²) in [7, 11) is 4.02. The molecule has 13 unspecified atom stereocenters. The predicted octanol–water partition coefficient (Wildman–Crippen LogP) is 9.79. The summed E-state index contributed by atoms with van der Waals surface area (Å²) >= 11 is 0. The fourth-order valence-electron chi connectivity index (χ4n) is 15.4. The van der Waals surface area contributed by atoms with Crippen LogP contribution in [-0.2, 0) is 25.5 Å². The van der Waals surface area contributed by atoms with Crippen molar-refractivity contribution >= 4 is 33.5 Å². The van der Waals surface area contributed by atoms with Gasteiger partial charge in [0.2, 0.25) is 0 Å². The standard InChI is InChI=1S/C51H70O7S2/c1-46-24-18-40(60-59-33-36(30-46)28-34-12-5-4-6-13-34)38-16-9-10-22-49(38)23-11-21-47(2)31-39(58-45(49)55)44-48(3,37-14-7-8-15-37)26-20-42(53)51(44,41(52)19-25-46)50(47,56)27-17-35-29-43(54)57-32-35/h4-6,12-13,29,36-42,44,52-53,56H,7-10,14-20,22-28,30-33H2,1-3H3. The van der Waals surface area contributed by atoms with Crippen molar-refractivity contribution in [3.8, 4) is 11.8 Å². The molecule has 3 N–H and O–H groups in total. The molecule has 4 aliphatic heterocycles. The van der Waals surface area contributed by atoms with Gasteiger partial charge in [0.05, 0.1) is 34.1 Å². The third kappa shape index (κ3) is 7.15. The zero-order chi connectivity index (χ0) is 42.0. The molecule has 4 saturated carbocycles. The molecule has 4 aliphatic carbocycles. The molecule has 0 radical (unpaired) electrons. The van der Waals surface area contributed by atoms with Gasteiger partial charge >= 0.3 is 11.9 Å². The minimum Gasteiger partial charge on any atom is -0.462 e. The van der Waals surface area contributed by atoms with Crippen molar-refractivity contribution in [1.29, 1.82) is 0 Å². The smallest absolute Gasteiger partial charge is 0.331 e. The molecule has 0 aromatic heterocycles. The topological polar surface area (TPSA) is 113 Å². The van der Waals surface area contributed by atoms with Crippen molar-refractivity contribution in [2.45, 2.75) is 178 Å². The Morgan fingerprint density at radius 3 is 2.35 bits per heavy atom. The Balaban J connectivity index is 1.25. The van der Waals surface area contributed by atoms with Gasteiger partial charge in [-0.1, -0.05) is 97.4 Å². The maximum absolute atomic E-state index is 15.7. The van der Waals surface area contributed by atoms with E-state index in [9.17, 15) is 20.1 Å². The number of cyclic esters (lactones) is 1. The molecule has 2 saturated heterocycles. The molecule has 1 spiro atoms. The average molecular weight is 859 g/mol. The summed E-state index contributed by atoms with van der Waals surface area (Å²) in [5.41, 5.74) is -3.35. The van der Waals surface area contributed by atoms with Crippen molar-refractivity contribution in [2.24, 2.45) is 50.7 Å². The number of fused-ring (bicyclic) bond motifs is 6. The second-order valence-electron chi connectivity index (χ2n) is 21.8. The van der Waals surface area contributed by atoms with Crippen molar-refractivity contribution < 1.29 is 34.4 Å². The third-order valence-corrected chi connectivity index (χ3v) is 21.5. The molecule has 0 amide bonds. The molecule has 1 aromatic carbocycles. The number of rotatable bonds is 6. The van der Waals surface area contributed by atoms with Crippen LogP contribution in [0, 0.1) is 62.6 Å². The second kappa shape index (κ2) is 16.5. The number of carbonyl (C=O) groups excluding carboxylic acids is 2. The average Bonchev–Trinajstić information content (AvgIpc) is 3.94. The van der Waals surface area contributed by atoms with E-state index in [1.807, 2.05) is 28.5 Å². The first-order valence-corrected chi connectivity index (χ1v) is 26.1. The van der Waals surface area contributed by atoms with Crippen LogP contribution >= 0.6 is 21.6 Å². The zero-order valence-electron chi connectivity index (χ0n) is 36.4. The number of benzene rings is 1. The van der Waals surface area contributed by atoms with Crippen molar-refractivity contribution in [2.75, 3.05) is 12.4 Å². The quantitative estimate of drug-likeness (QED) is 0.146. The maximum atomic E-state index is 15.7. The van der Waals surface area contributed by atoms with Gasteiger partial charge in [-0.2, -0.15) is 0 Å². The van der Waals surface area contributed by atoms with E-state index in [2.05, 4.69) is 56.0 Å². The first-order chi connectivity index (χ1) is 28.8. The molecule has 6 fully saturated rings. The van der Waals surface area contributed by atoms with Gasteiger partial charge in [0.15, 0.2) is 0 Å². The van der Waals surface area contributed by atoms with Gasteiger partial charge in [-0.15, -0.1) is 5.92 Å². The molecule has 7 nitrogen and oxygen atoms in total. The molecule has 9 rings (SSSR count). The number of aliphatic hydroxyl groups excluding tert-OH is 2. The van der Waals surface area contributed by atoms with Crippen LogP contribution in [0.2, 0.25) is 0 Å². The maximum Gasteiger partial charge on any atom is 0.331 e. The Morgan fingerprint density at radius 1 is 0.867 bits per heavy atom. The minimum atomic E-state index is -1.68. The largest absolute Gasteiger partial charge is 0.462 e. The molecule has 8 aliphatic rings. The Morgan fingerprint density at radius 2 is 1.60 bits per heavy atom. The summed E-state index contributed by atoms with van der Waals surface area (Å²) in [5.74, 6) is 8.27. The molecular weight excluding hydrogens is 789 g/mol. The molecule has 9 heteroatoms. The van der Waals surface area contributed by atoms with E-state index in [4.69, 9.17) is 9.47 Å². The van der Waals surface area contributed by atoms with E-state index in [0.29, 0.717) is 43.9 Å². The van der Waals surface area contributed by atoms with E-state index in [-0.39, 0.29) is 41.5 Å². The summed E-state index contributed by atoms with van der Waals surface area (Å²) in [6.07, 6.45) is 14.7. The minimum absolute atomic E-state index is 0.106. The lowest BCUT2D eigenvalue weighted by atomic mass is 9.35. The lowest BCUT2D eigenvalue weighted by Gasteiger charge is -2.71. The second-order valence-corrected chi connectivity index (χ2v) is 24.4. The molecule has 60 heavy (non-hydrogen) atoms. The molecule has 328 valence electrons. The van der Waals surface area contributed by atoms with Crippen LogP contribution in [0.1, 0.15) is 148 Å². The van der Waals surface area contributed by atoms with E-state index in [1.54, 1.807) is 6.08 Å². The van der Waals surface area contributed by atoms with Gasteiger partial charge in [-0.3, -0.25) is 4.79 Å². The summed E-state index contributed by atoms with van der Waals surface area (Å²) in [4.78, 5) is 28.0. The van der Waals surface area contributed by atoms with Crippen LogP contribution in [0.5, 0.6) is 0 Å². The van der Waals surface area contributed by atoms with Gasteiger partial charge in [-0.25, -0.2) is 4.79 Å². The predicted molar refractivity (Wildman–Crippen MR) is 239 cm³/mol. The van der Waals surface area contributed by atoms with Gasteiger partial charge in [0, 0.05) is 35.8 Å². The highest BCUT2D eigenvalue weighted by atomic mass is 33.1. The zero-order valence-corrected chi connectivity index (χ0v) is 38.1. The molecule has 13 atom stereocenters. The number of hydrogen-bond donors (Lipinski definition) is 3. The van der Waals surface area contributed by atoms with Crippen molar-refractivity contribution in [1.82, 2.24) is 0 Å². The molecule has 4 heterocycles. The van der Waals surface area contributed by atoms with Crippen LogP contribution in [-0.4, -0.2) is 68.8 Å². The number of hydrogen-bond acceptors (Lipinski definition) is 9. The number of ether oxygens (including phenoxy) is 2. The highest BCUT2D eigenvalue weighted by Crippen LogP contribution is 2.72. The van der Waals surface area contributed by atoms with Crippen LogP contribution in [0.4, 0.5) is 0 Å². The Hall–Kier alpha value is -1.96. The van der Waals surface area contributed by atoms with Crippen molar-refractivity contribution in [3.63, 3.8) is 0 Å². The summed E-state index contributed by atoms with van der Waals surface area (Å²) in [5, 5.41) is 41.3. The first-order valence-electron chi connectivity index (χ1n) is 23.7. The van der Waals surface area contributed by atoms with Crippen LogP contribution in [0.15, 0.2) is 42.0 Å². The van der Waals surface area contributed by atoms with E-state index >= 15 is 4.79 Å². The fourth-order valence-corrected chi connectivity index (χ4v) is 18.8. The number of aliphatic hydroxyl groups is 3. The van der Waals surface area contributed by atoms with Gasteiger partial charge in [-0.05, 0) is 137 Å². The molecule has 6 bridgehead atoms. The summed E-state index contributed by atoms with van der Waals surface area (Å²) in [6, 6.07) is 10.9. The van der Waals surface area contributed by atoms with E-state index in [1.165, 1.54) is 5.56 Å². The highest BCUT2D eigenvalue weighted by molar-refractivity contribution is 8.76. The highest BCUT2D eigenvalue weighted by Gasteiger charge is 2.78. The lowest BCUT2D eigenvalue weighted by molar-refractivity contribution is -0.338. The normalized spacial score (nSPS) is 45.9. The van der Waals surface area contributed by atoms with Gasteiger partial charge in [0.1, 0.15) is 12.7 Å².